The largest absolute Gasteiger partial charge is 0.357 e. The highest BCUT2D eigenvalue weighted by molar-refractivity contribution is 7.93. The maximum absolute atomic E-state index is 15.3. The fraction of sp³-hybridized carbons (Fsp3) is 0.387. The lowest BCUT2D eigenvalue weighted by molar-refractivity contribution is -0.176. The van der Waals surface area contributed by atoms with Gasteiger partial charge in [0.2, 0.25) is 20.0 Å². The minimum atomic E-state index is -4.18. The molecule has 4 atom stereocenters. The van der Waals surface area contributed by atoms with Crippen LogP contribution in [-0.4, -0.2) is 57.3 Å². The number of carbonyl (C=O) groups is 1. The lowest BCUT2D eigenvalue weighted by Gasteiger charge is -2.49. The Labute approximate surface area is 272 Å². The summed E-state index contributed by atoms with van der Waals surface area (Å²) in [5.74, 6) is -2.29. The Hall–Kier alpha value is -2.74. The first-order valence-electron chi connectivity index (χ1n) is 14.6. The Balaban J connectivity index is 1.52. The Kier molecular flexibility index (Phi) is 8.92. The predicted octanol–water partition coefficient (Wildman–Crippen LogP) is 5.21. The third-order valence-electron chi connectivity index (χ3n) is 8.45. The van der Waals surface area contributed by atoms with Crippen molar-refractivity contribution in [3.63, 3.8) is 0 Å². The van der Waals surface area contributed by atoms with E-state index in [1.54, 1.807) is 59.5 Å². The number of benzene rings is 3. The van der Waals surface area contributed by atoms with E-state index in [4.69, 9.17) is 33.1 Å². The van der Waals surface area contributed by atoms with E-state index in [-0.39, 0.29) is 18.2 Å². The second kappa shape index (κ2) is 12.5. The van der Waals surface area contributed by atoms with Crippen LogP contribution >= 0.6 is 23.2 Å². The highest BCUT2D eigenvalue weighted by Gasteiger charge is 2.52. The molecule has 0 radical (unpaired) electrons. The van der Waals surface area contributed by atoms with Gasteiger partial charge < -0.3 is 9.64 Å². The molecular weight excluding hydrogens is 664 g/mol. The molecule has 45 heavy (non-hydrogen) atoms. The van der Waals surface area contributed by atoms with Gasteiger partial charge in [-0.15, -0.1) is 0 Å². The summed E-state index contributed by atoms with van der Waals surface area (Å²) in [6.07, 6.45) is -0.109. The van der Waals surface area contributed by atoms with Crippen molar-refractivity contribution in [1.82, 2.24) is 4.90 Å². The van der Waals surface area contributed by atoms with Gasteiger partial charge in [-0.1, -0.05) is 59.6 Å². The second-order valence-corrected chi connectivity index (χ2v) is 16.5. The maximum atomic E-state index is 15.3. The van der Waals surface area contributed by atoms with Gasteiger partial charge in [0, 0.05) is 10.0 Å². The zero-order chi connectivity index (χ0) is 32.1. The highest BCUT2D eigenvalue weighted by Crippen LogP contribution is 2.48. The summed E-state index contributed by atoms with van der Waals surface area (Å²) in [5, 5.41) is 5.62. The minimum absolute atomic E-state index is 0.105. The maximum Gasteiger partial charge on any atom is 0.253 e. The quantitative estimate of drug-likeness (QED) is 0.294. The summed E-state index contributed by atoms with van der Waals surface area (Å²) in [6, 6.07) is 17.7. The van der Waals surface area contributed by atoms with Crippen molar-refractivity contribution in [1.29, 1.82) is 0 Å². The van der Waals surface area contributed by atoms with Gasteiger partial charge >= 0.3 is 0 Å². The number of nitrogens with two attached hydrogens (primary N) is 1. The SMILES string of the molecule is NS(=O)(=O)C[C@H]1O[C@H](c2cccc(Cl)c2)[C@@H](c2ccc(Cl)cc2)N([C@H](CN(c2ccccc2F)S(=O)(=O)C2CC2)C2CC2)C1=O. The summed E-state index contributed by atoms with van der Waals surface area (Å²) in [7, 11) is -8.17. The fourth-order valence-electron chi connectivity index (χ4n) is 6.04. The topological polar surface area (TPSA) is 127 Å². The Morgan fingerprint density at radius 3 is 2.20 bits per heavy atom. The van der Waals surface area contributed by atoms with Crippen LogP contribution in [0.4, 0.5) is 10.1 Å². The molecule has 1 amide bonds. The van der Waals surface area contributed by atoms with Gasteiger partial charge in [0.1, 0.15) is 11.9 Å². The molecule has 3 aliphatic rings. The van der Waals surface area contributed by atoms with Crippen molar-refractivity contribution in [3.05, 3.63) is 99.8 Å². The lowest BCUT2D eigenvalue weighted by atomic mass is 9.89. The number of rotatable bonds is 11. The average Bonchev–Trinajstić information content (AvgIpc) is 3.89. The molecular formula is C31H32Cl2FN3O6S2. The second-order valence-electron chi connectivity index (χ2n) is 11.8. The van der Waals surface area contributed by atoms with Crippen LogP contribution in [0, 0.1) is 11.7 Å². The number of morpholine rings is 1. The van der Waals surface area contributed by atoms with Crippen LogP contribution in [0.3, 0.4) is 0 Å². The number of primary sulfonamides is 1. The number of anilines is 1. The van der Waals surface area contributed by atoms with Crippen LogP contribution in [0.5, 0.6) is 0 Å². The van der Waals surface area contributed by atoms with Crippen LogP contribution in [0.25, 0.3) is 0 Å². The molecule has 0 unspecified atom stereocenters. The van der Waals surface area contributed by atoms with Gasteiger partial charge in [-0.3, -0.25) is 9.10 Å². The molecule has 3 aromatic rings. The fourth-order valence-corrected chi connectivity index (χ4v) is 8.89. The Morgan fingerprint density at radius 2 is 1.60 bits per heavy atom. The minimum Gasteiger partial charge on any atom is -0.357 e. The number of sulfonamides is 2. The number of ether oxygens (including phenoxy) is 1. The van der Waals surface area contributed by atoms with Crippen LogP contribution in [-0.2, 0) is 29.6 Å². The van der Waals surface area contributed by atoms with Crippen molar-refractivity contribution >= 4 is 54.8 Å². The smallest absolute Gasteiger partial charge is 0.253 e. The van der Waals surface area contributed by atoms with E-state index in [0.717, 1.165) is 4.31 Å². The molecule has 2 N–H and O–H groups in total. The monoisotopic (exact) mass is 695 g/mol. The van der Waals surface area contributed by atoms with Gasteiger partial charge in [-0.25, -0.2) is 26.4 Å². The molecule has 0 bridgehead atoms. The molecule has 3 aromatic carbocycles. The average molecular weight is 697 g/mol. The molecule has 240 valence electrons. The number of amides is 1. The molecule has 0 aromatic heterocycles. The first-order chi connectivity index (χ1) is 21.3. The number of hydrogen-bond acceptors (Lipinski definition) is 6. The number of carbonyl (C=O) groups excluding carboxylic acids is 1. The van der Waals surface area contributed by atoms with Gasteiger partial charge in [0.05, 0.1) is 35.3 Å². The van der Waals surface area contributed by atoms with E-state index < -0.39 is 67.1 Å². The third kappa shape index (κ3) is 7.01. The molecule has 1 saturated heterocycles. The van der Waals surface area contributed by atoms with E-state index in [9.17, 15) is 21.6 Å². The van der Waals surface area contributed by atoms with Crippen LogP contribution < -0.4 is 9.44 Å². The Bertz CT molecular complexity index is 1800. The zero-order valence-corrected chi connectivity index (χ0v) is 27.2. The molecule has 2 aliphatic carbocycles. The standard InChI is InChI=1S/C31H32Cl2FN3O6S2/c32-22-12-10-20(11-13-22)29-30(21-4-3-5-23(33)16-21)43-28(18-44(35,39)40)31(38)37(29)27(19-8-9-19)17-36(45(41,42)24-14-15-24)26-7-2-1-6-25(26)34/h1-7,10-13,16,19,24,27-30H,8-9,14-15,17-18H2,(H2,35,39,40)/t27-,28-,29-,30-/m1/s1. The van der Waals surface area contributed by atoms with Crippen LogP contribution in [0.1, 0.15) is 49.0 Å². The van der Waals surface area contributed by atoms with Gasteiger partial charge in [0.25, 0.3) is 5.91 Å². The van der Waals surface area contributed by atoms with Crippen LogP contribution in [0.15, 0.2) is 72.8 Å². The summed E-state index contributed by atoms with van der Waals surface area (Å²) < 4.78 is 75.0. The zero-order valence-electron chi connectivity index (χ0n) is 24.0. The van der Waals surface area contributed by atoms with E-state index in [2.05, 4.69) is 0 Å². The summed E-state index contributed by atoms with van der Waals surface area (Å²) in [6.45, 7) is -0.232. The van der Waals surface area contributed by atoms with Crippen LogP contribution in [0.2, 0.25) is 10.0 Å². The van der Waals surface area contributed by atoms with Gasteiger partial charge in [-0.05, 0) is 79.1 Å². The molecule has 1 aliphatic heterocycles. The summed E-state index contributed by atoms with van der Waals surface area (Å²) in [5.41, 5.74) is 1.09. The molecule has 3 fully saturated rings. The summed E-state index contributed by atoms with van der Waals surface area (Å²) in [4.78, 5) is 16.0. The molecule has 0 spiro atoms. The van der Waals surface area contributed by atoms with E-state index in [1.165, 1.54) is 18.2 Å². The number of hydrogen-bond donors (Lipinski definition) is 1. The van der Waals surface area contributed by atoms with Crippen molar-refractivity contribution in [2.45, 2.75) is 55.2 Å². The number of nitrogens with zero attached hydrogens (tertiary/aromatic N) is 2. The van der Waals surface area contributed by atoms with Gasteiger partial charge in [0.15, 0.2) is 6.10 Å². The lowest BCUT2D eigenvalue weighted by Crippen LogP contribution is -2.60. The van der Waals surface area contributed by atoms with E-state index >= 15 is 4.39 Å². The van der Waals surface area contributed by atoms with Crippen molar-refractivity contribution in [3.8, 4) is 0 Å². The highest BCUT2D eigenvalue weighted by atomic mass is 35.5. The van der Waals surface area contributed by atoms with Crippen molar-refractivity contribution in [2.24, 2.45) is 11.1 Å². The first kappa shape index (κ1) is 32.2. The molecule has 6 rings (SSSR count). The van der Waals surface area contributed by atoms with Crippen molar-refractivity contribution < 1.29 is 30.8 Å². The molecule has 1 heterocycles. The summed E-state index contributed by atoms with van der Waals surface area (Å²) >= 11 is 12.6. The van der Waals surface area contributed by atoms with Gasteiger partial charge in [-0.2, -0.15) is 0 Å². The normalized spacial score (nSPS) is 23.2. The molecule has 9 nitrogen and oxygen atoms in total. The predicted molar refractivity (Wildman–Crippen MR) is 170 cm³/mol. The Morgan fingerprint density at radius 1 is 0.911 bits per heavy atom. The number of para-hydroxylation sites is 1. The van der Waals surface area contributed by atoms with E-state index in [1.807, 2.05) is 0 Å². The van der Waals surface area contributed by atoms with E-state index in [0.29, 0.717) is 46.9 Å². The van der Waals surface area contributed by atoms with Crippen molar-refractivity contribution in [2.75, 3.05) is 16.6 Å². The molecule has 14 heteroatoms. The number of halogens is 3. The third-order valence-corrected chi connectivity index (χ3v) is 12.0. The first-order valence-corrected chi connectivity index (χ1v) is 18.6. The molecule has 2 saturated carbocycles.